The first-order valence-electron chi connectivity index (χ1n) is 5.44. The fourth-order valence-corrected chi connectivity index (χ4v) is 4.58. The summed E-state index contributed by atoms with van der Waals surface area (Å²) < 4.78 is 26.3. The molecule has 18 heavy (non-hydrogen) atoms. The maximum absolute atomic E-state index is 12.4. The van der Waals surface area contributed by atoms with Gasteiger partial charge in [-0.2, -0.15) is 4.31 Å². The normalized spacial score (nSPS) is 20.7. The summed E-state index contributed by atoms with van der Waals surface area (Å²) >= 11 is 1.44. The number of hydrogen-bond acceptors (Lipinski definition) is 4. The zero-order valence-corrected chi connectivity index (χ0v) is 12.5. The number of halogens is 1. The first kappa shape index (κ1) is 15.8. The van der Waals surface area contributed by atoms with Gasteiger partial charge in [0, 0.05) is 24.0 Å². The first-order valence-corrected chi connectivity index (χ1v) is 8.11. The van der Waals surface area contributed by atoms with Crippen LogP contribution in [-0.4, -0.2) is 38.1 Å². The van der Waals surface area contributed by atoms with Gasteiger partial charge in [-0.3, -0.25) is 0 Å². The summed E-state index contributed by atoms with van der Waals surface area (Å²) in [6.45, 7) is 0.942. The Labute approximate surface area is 118 Å². The summed E-state index contributed by atoms with van der Waals surface area (Å²) in [5.74, 6) is 0. The fourth-order valence-electron chi connectivity index (χ4n) is 1.94. The number of hydrogen-bond donors (Lipinski definition) is 1. The summed E-state index contributed by atoms with van der Waals surface area (Å²) in [4.78, 5) is 1.18. The second-order valence-electron chi connectivity index (χ2n) is 4.06. The van der Waals surface area contributed by atoms with Gasteiger partial charge in [0.05, 0.1) is 4.90 Å². The topological polar surface area (TPSA) is 63.4 Å². The highest BCUT2D eigenvalue weighted by Crippen LogP contribution is 2.28. The molecule has 0 bridgehead atoms. The summed E-state index contributed by atoms with van der Waals surface area (Å²) in [5, 5.41) is 0. The van der Waals surface area contributed by atoms with Crippen LogP contribution in [0, 0.1) is 0 Å². The smallest absolute Gasteiger partial charge is 0.244 e. The van der Waals surface area contributed by atoms with Crippen LogP contribution in [0.25, 0.3) is 0 Å². The van der Waals surface area contributed by atoms with E-state index in [1.54, 1.807) is 12.1 Å². The Bertz CT molecular complexity index is 508. The van der Waals surface area contributed by atoms with Crippen molar-refractivity contribution in [1.29, 1.82) is 0 Å². The average Bonchev–Trinajstić information content (AvgIpc) is 2.76. The number of nitrogens with two attached hydrogens (primary N) is 1. The van der Waals surface area contributed by atoms with Gasteiger partial charge in [0.1, 0.15) is 0 Å². The van der Waals surface area contributed by atoms with Crippen molar-refractivity contribution in [3.8, 4) is 0 Å². The highest BCUT2D eigenvalue weighted by molar-refractivity contribution is 7.99. The minimum atomic E-state index is -3.38. The Morgan fingerprint density at radius 3 is 2.61 bits per heavy atom. The Morgan fingerprint density at radius 1 is 1.39 bits per heavy atom. The summed E-state index contributed by atoms with van der Waals surface area (Å²) in [6, 6.07) is 7.05. The molecule has 0 saturated carbocycles. The molecule has 1 heterocycles. The quantitative estimate of drug-likeness (QED) is 0.861. The molecule has 1 aliphatic heterocycles. The van der Waals surface area contributed by atoms with E-state index in [9.17, 15) is 8.42 Å². The van der Waals surface area contributed by atoms with Crippen LogP contribution >= 0.6 is 24.2 Å². The maximum atomic E-state index is 12.4. The molecular weight excluding hydrogens is 292 g/mol. The van der Waals surface area contributed by atoms with Gasteiger partial charge in [-0.15, -0.1) is 24.2 Å². The van der Waals surface area contributed by atoms with E-state index in [0.717, 1.165) is 11.3 Å². The van der Waals surface area contributed by atoms with E-state index in [1.807, 2.05) is 18.4 Å². The molecule has 0 amide bonds. The molecule has 1 aromatic rings. The number of nitrogens with zero attached hydrogens (tertiary/aromatic N) is 1. The number of sulfonamides is 1. The van der Waals surface area contributed by atoms with Crippen molar-refractivity contribution in [2.45, 2.75) is 22.3 Å². The third kappa shape index (κ3) is 3.00. The molecule has 102 valence electrons. The van der Waals surface area contributed by atoms with Crippen LogP contribution in [0.4, 0.5) is 0 Å². The van der Waals surface area contributed by atoms with E-state index >= 15 is 0 Å². The number of thioether (sulfide) groups is 1. The van der Waals surface area contributed by atoms with Crippen LogP contribution in [0.3, 0.4) is 0 Å². The van der Waals surface area contributed by atoms with Crippen LogP contribution in [0.2, 0.25) is 0 Å². The summed E-state index contributed by atoms with van der Waals surface area (Å²) in [5.41, 5.74) is 5.76. The second kappa shape index (κ2) is 6.25. The van der Waals surface area contributed by atoms with E-state index in [4.69, 9.17) is 5.73 Å². The lowest BCUT2D eigenvalue weighted by atomic mass is 10.3. The molecular formula is C11H17ClN2O2S2. The summed E-state index contributed by atoms with van der Waals surface area (Å²) in [7, 11) is -3.38. The fraction of sp³-hybridized carbons (Fsp3) is 0.455. The predicted molar refractivity (Wildman–Crippen MR) is 76.8 cm³/mol. The monoisotopic (exact) mass is 308 g/mol. The van der Waals surface area contributed by atoms with Crippen molar-refractivity contribution < 1.29 is 8.42 Å². The van der Waals surface area contributed by atoms with Gasteiger partial charge in [0.25, 0.3) is 0 Å². The van der Waals surface area contributed by atoms with Crippen LogP contribution in [-0.2, 0) is 10.0 Å². The molecule has 2 rings (SSSR count). The molecule has 0 radical (unpaired) electrons. The Hall–Kier alpha value is -0.270. The van der Waals surface area contributed by atoms with Gasteiger partial charge in [-0.05, 0) is 24.8 Å². The van der Waals surface area contributed by atoms with Crippen molar-refractivity contribution in [2.75, 3.05) is 19.3 Å². The molecule has 4 nitrogen and oxygen atoms in total. The summed E-state index contributed by atoms with van der Waals surface area (Å²) in [6.07, 6.45) is 2.62. The number of benzene rings is 1. The Balaban J connectivity index is 0.00000162. The van der Waals surface area contributed by atoms with E-state index < -0.39 is 10.0 Å². The van der Waals surface area contributed by atoms with E-state index in [1.165, 1.54) is 16.1 Å². The molecule has 1 atom stereocenters. The van der Waals surface area contributed by atoms with Crippen molar-refractivity contribution >= 4 is 34.2 Å². The third-order valence-electron chi connectivity index (χ3n) is 2.87. The Kier molecular flexibility index (Phi) is 5.48. The number of rotatable bonds is 3. The van der Waals surface area contributed by atoms with Gasteiger partial charge in [-0.25, -0.2) is 8.42 Å². The minimum absolute atomic E-state index is 0. The SMILES string of the molecule is CSc1ccccc1S(=O)(=O)N1CC[C@@H](N)C1.Cl. The lowest BCUT2D eigenvalue weighted by Crippen LogP contribution is -2.32. The lowest BCUT2D eigenvalue weighted by Gasteiger charge is -2.17. The molecule has 1 aromatic carbocycles. The first-order chi connectivity index (χ1) is 8.05. The van der Waals surface area contributed by atoms with Gasteiger partial charge in [0.2, 0.25) is 10.0 Å². The van der Waals surface area contributed by atoms with Crippen LogP contribution in [0.5, 0.6) is 0 Å². The highest BCUT2D eigenvalue weighted by atomic mass is 35.5. The van der Waals surface area contributed by atoms with E-state index in [0.29, 0.717) is 18.0 Å². The van der Waals surface area contributed by atoms with E-state index in [-0.39, 0.29) is 18.4 Å². The molecule has 2 N–H and O–H groups in total. The minimum Gasteiger partial charge on any atom is -0.326 e. The molecule has 1 fully saturated rings. The van der Waals surface area contributed by atoms with Gasteiger partial charge < -0.3 is 5.73 Å². The van der Waals surface area contributed by atoms with Crippen molar-refractivity contribution in [3.05, 3.63) is 24.3 Å². The highest BCUT2D eigenvalue weighted by Gasteiger charge is 2.32. The third-order valence-corrected chi connectivity index (χ3v) is 5.72. The van der Waals surface area contributed by atoms with Gasteiger partial charge >= 0.3 is 0 Å². The van der Waals surface area contributed by atoms with Crippen molar-refractivity contribution in [3.63, 3.8) is 0 Å². The van der Waals surface area contributed by atoms with E-state index in [2.05, 4.69) is 0 Å². The Morgan fingerprint density at radius 2 is 2.06 bits per heavy atom. The zero-order chi connectivity index (χ0) is 12.5. The van der Waals surface area contributed by atoms with Crippen molar-refractivity contribution in [1.82, 2.24) is 4.31 Å². The van der Waals surface area contributed by atoms with Crippen molar-refractivity contribution in [2.24, 2.45) is 5.73 Å². The standard InChI is InChI=1S/C11H16N2O2S2.ClH/c1-16-10-4-2-3-5-11(10)17(14,15)13-7-6-9(12)8-13;/h2-5,9H,6-8,12H2,1H3;1H/t9-;/m1./s1. The molecule has 0 spiro atoms. The molecule has 0 aromatic heterocycles. The lowest BCUT2D eigenvalue weighted by molar-refractivity contribution is 0.471. The largest absolute Gasteiger partial charge is 0.326 e. The molecule has 1 aliphatic rings. The molecule has 7 heteroatoms. The predicted octanol–water partition coefficient (Wildman–Crippen LogP) is 1.55. The molecule has 0 unspecified atom stereocenters. The average molecular weight is 309 g/mol. The maximum Gasteiger partial charge on any atom is 0.244 e. The zero-order valence-electron chi connectivity index (χ0n) is 10.1. The molecule has 1 saturated heterocycles. The van der Waals surface area contributed by atoms with Crippen LogP contribution in [0.1, 0.15) is 6.42 Å². The van der Waals surface area contributed by atoms with Gasteiger partial charge in [0.15, 0.2) is 0 Å². The molecule has 0 aliphatic carbocycles. The van der Waals surface area contributed by atoms with Gasteiger partial charge in [-0.1, -0.05) is 12.1 Å². The second-order valence-corrected chi connectivity index (χ2v) is 6.82. The van der Waals surface area contributed by atoms with Crippen LogP contribution in [0.15, 0.2) is 34.1 Å². The van der Waals surface area contributed by atoms with Crippen LogP contribution < -0.4 is 5.73 Å².